The molecule has 10 heteroatoms. The molecule has 166 valence electrons. The van der Waals surface area contributed by atoms with Gasteiger partial charge < -0.3 is 9.09 Å². The van der Waals surface area contributed by atoms with Crippen molar-refractivity contribution in [1.82, 2.24) is 29.5 Å². The van der Waals surface area contributed by atoms with E-state index in [0.717, 1.165) is 31.7 Å². The zero-order chi connectivity index (χ0) is 22.0. The Balaban J connectivity index is 1.33. The summed E-state index contributed by atoms with van der Waals surface area (Å²) in [6.45, 7) is 6.38. The number of piperazine rings is 1. The van der Waals surface area contributed by atoms with Crippen molar-refractivity contribution in [2.75, 3.05) is 26.2 Å². The standard InChI is InChI=1S/C21H25F3N6O/c1-15-3-5-17(6-4-15)19-26-20(31-27-19)16(2)29-11-9-28(10-12-29)13-18-25-7-8-30(18)14-21(22,23)24/h3-8,16H,9-14H2,1-2H3. The molecule has 0 amide bonds. The van der Waals surface area contributed by atoms with Crippen molar-refractivity contribution in [3.05, 3.63) is 53.9 Å². The van der Waals surface area contributed by atoms with Gasteiger partial charge in [-0.3, -0.25) is 9.80 Å². The van der Waals surface area contributed by atoms with Crippen LogP contribution in [0.15, 0.2) is 41.2 Å². The van der Waals surface area contributed by atoms with E-state index in [1.54, 1.807) is 0 Å². The van der Waals surface area contributed by atoms with Crippen LogP contribution in [0.1, 0.15) is 30.2 Å². The van der Waals surface area contributed by atoms with Crippen molar-refractivity contribution in [2.24, 2.45) is 0 Å². The van der Waals surface area contributed by atoms with Crippen LogP contribution in [0.4, 0.5) is 13.2 Å². The van der Waals surface area contributed by atoms with E-state index in [2.05, 4.69) is 24.9 Å². The summed E-state index contributed by atoms with van der Waals surface area (Å²) in [5.74, 6) is 1.56. The van der Waals surface area contributed by atoms with Crippen molar-refractivity contribution < 1.29 is 17.7 Å². The minimum atomic E-state index is -4.26. The number of imidazole rings is 1. The second-order valence-corrected chi connectivity index (χ2v) is 7.90. The number of aryl methyl sites for hydroxylation is 1. The molecular weight excluding hydrogens is 409 g/mol. The Hall–Kier alpha value is -2.72. The highest BCUT2D eigenvalue weighted by molar-refractivity contribution is 5.54. The van der Waals surface area contributed by atoms with Crippen LogP contribution >= 0.6 is 0 Å². The molecule has 1 saturated heterocycles. The van der Waals surface area contributed by atoms with Gasteiger partial charge in [-0.2, -0.15) is 18.2 Å². The van der Waals surface area contributed by atoms with Crippen molar-refractivity contribution in [3.63, 3.8) is 0 Å². The zero-order valence-electron chi connectivity index (χ0n) is 17.5. The van der Waals surface area contributed by atoms with Gasteiger partial charge >= 0.3 is 6.18 Å². The number of aromatic nitrogens is 4. The smallest absolute Gasteiger partial charge is 0.337 e. The van der Waals surface area contributed by atoms with E-state index in [1.165, 1.54) is 22.5 Å². The lowest BCUT2D eigenvalue weighted by atomic mass is 10.1. The van der Waals surface area contributed by atoms with Crippen LogP contribution < -0.4 is 0 Å². The Morgan fingerprint density at radius 3 is 2.48 bits per heavy atom. The first kappa shape index (κ1) is 21.5. The Kier molecular flexibility index (Phi) is 6.10. The Labute approximate surface area is 178 Å². The van der Waals surface area contributed by atoms with Crippen LogP contribution in [0.5, 0.6) is 0 Å². The third kappa shape index (κ3) is 5.31. The van der Waals surface area contributed by atoms with Gasteiger partial charge in [-0.1, -0.05) is 35.0 Å². The summed E-state index contributed by atoms with van der Waals surface area (Å²) < 4.78 is 44.8. The molecule has 0 bridgehead atoms. The van der Waals surface area contributed by atoms with Crippen molar-refractivity contribution in [2.45, 2.75) is 39.2 Å². The SMILES string of the molecule is Cc1ccc(-c2noc(C(C)N3CCN(Cc4nccn4CC(F)(F)F)CC3)n2)cc1. The second-order valence-electron chi connectivity index (χ2n) is 7.90. The molecule has 4 rings (SSSR count). The lowest BCUT2D eigenvalue weighted by Crippen LogP contribution is -2.47. The van der Waals surface area contributed by atoms with Gasteiger partial charge in [-0.25, -0.2) is 4.98 Å². The van der Waals surface area contributed by atoms with Gasteiger partial charge in [0.15, 0.2) is 0 Å². The van der Waals surface area contributed by atoms with Crippen molar-refractivity contribution >= 4 is 0 Å². The average molecular weight is 434 g/mol. The van der Waals surface area contributed by atoms with Gasteiger partial charge in [0, 0.05) is 44.1 Å². The molecule has 0 saturated carbocycles. The molecule has 1 fully saturated rings. The molecule has 0 N–H and O–H groups in total. The monoisotopic (exact) mass is 434 g/mol. The van der Waals surface area contributed by atoms with Crippen LogP contribution in [0, 0.1) is 6.92 Å². The van der Waals surface area contributed by atoms with Gasteiger partial charge in [0.2, 0.25) is 11.7 Å². The van der Waals surface area contributed by atoms with Crippen molar-refractivity contribution in [3.8, 4) is 11.4 Å². The van der Waals surface area contributed by atoms with E-state index in [9.17, 15) is 13.2 Å². The van der Waals surface area contributed by atoms with Crippen LogP contribution in [0.25, 0.3) is 11.4 Å². The van der Waals surface area contributed by atoms with E-state index < -0.39 is 12.7 Å². The summed E-state index contributed by atoms with van der Waals surface area (Å²) >= 11 is 0. The Bertz CT molecular complexity index is 989. The van der Waals surface area contributed by atoms with Gasteiger partial charge in [-0.15, -0.1) is 0 Å². The summed E-state index contributed by atoms with van der Waals surface area (Å²) in [6.07, 6.45) is -1.46. The van der Waals surface area contributed by atoms with E-state index in [4.69, 9.17) is 4.52 Å². The Morgan fingerprint density at radius 2 is 1.81 bits per heavy atom. The number of halogens is 3. The zero-order valence-corrected chi connectivity index (χ0v) is 17.5. The maximum absolute atomic E-state index is 12.7. The number of rotatable bonds is 6. The normalized spacial score (nSPS) is 17.2. The molecule has 0 aliphatic carbocycles. The van der Waals surface area contributed by atoms with Gasteiger partial charge in [0.25, 0.3) is 0 Å². The highest BCUT2D eigenvalue weighted by Gasteiger charge is 2.30. The van der Waals surface area contributed by atoms with Crippen LogP contribution in [-0.2, 0) is 13.1 Å². The van der Waals surface area contributed by atoms with Gasteiger partial charge in [-0.05, 0) is 13.8 Å². The molecule has 0 radical (unpaired) electrons. The molecule has 1 atom stereocenters. The minimum Gasteiger partial charge on any atom is -0.337 e. The molecule has 2 aromatic heterocycles. The van der Waals surface area contributed by atoms with E-state index >= 15 is 0 Å². The maximum atomic E-state index is 12.7. The molecule has 31 heavy (non-hydrogen) atoms. The fourth-order valence-corrected chi connectivity index (χ4v) is 3.72. The van der Waals surface area contributed by atoms with Crippen molar-refractivity contribution in [1.29, 1.82) is 0 Å². The molecule has 1 aromatic carbocycles. The molecule has 1 aliphatic heterocycles. The van der Waals surface area contributed by atoms with E-state index in [1.807, 2.05) is 38.1 Å². The lowest BCUT2D eigenvalue weighted by molar-refractivity contribution is -0.141. The highest BCUT2D eigenvalue weighted by Crippen LogP contribution is 2.24. The first-order chi connectivity index (χ1) is 14.8. The molecular formula is C21H25F3N6O. The molecule has 1 unspecified atom stereocenters. The first-order valence-corrected chi connectivity index (χ1v) is 10.2. The predicted molar refractivity (Wildman–Crippen MR) is 108 cm³/mol. The van der Waals surface area contributed by atoms with Crippen LogP contribution in [0.2, 0.25) is 0 Å². The number of benzene rings is 1. The topological polar surface area (TPSA) is 63.2 Å². The molecule has 0 spiro atoms. The number of nitrogens with zero attached hydrogens (tertiary/aromatic N) is 6. The minimum absolute atomic E-state index is 0.0407. The molecule has 3 aromatic rings. The summed E-state index contributed by atoms with van der Waals surface area (Å²) in [5.41, 5.74) is 2.08. The average Bonchev–Trinajstić information content (AvgIpc) is 3.38. The molecule has 7 nitrogen and oxygen atoms in total. The maximum Gasteiger partial charge on any atom is 0.406 e. The van der Waals surface area contributed by atoms with Gasteiger partial charge in [0.05, 0.1) is 12.6 Å². The number of alkyl halides is 3. The largest absolute Gasteiger partial charge is 0.406 e. The molecule has 3 heterocycles. The van der Waals surface area contributed by atoms with E-state index in [0.29, 0.717) is 24.1 Å². The first-order valence-electron chi connectivity index (χ1n) is 10.2. The summed E-state index contributed by atoms with van der Waals surface area (Å²) in [7, 11) is 0. The Morgan fingerprint density at radius 1 is 1.10 bits per heavy atom. The quantitative estimate of drug-likeness (QED) is 0.590. The van der Waals surface area contributed by atoms with Crippen LogP contribution in [0.3, 0.4) is 0 Å². The highest BCUT2D eigenvalue weighted by atomic mass is 19.4. The van der Waals surface area contributed by atoms with Gasteiger partial charge in [0.1, 0.15) is 12.4 Å². The van der Waals surface area contributed by atoms with Crippen LogP contribution in [-0.4, -0.2) is 61.8 Å². The summed E-state index contributed by atoms with van der Waals surface area (Å²) in [6, 6.07) is 7.91. The lowest BCUT2D eigenvalue weighted by Gasteiger charge is -2.36. The number of hydrogen-bond donors (Lipinski definition) is 0. The predicted octanol–water partition coefficient (Wildman–Crippen LogP) is 3.68. The summed E-state index contributed by atoms with van der Waals surface area (Å²) in [5, 5.41) is 4.11. The number of hydrogen-bond acceptors (Lipinski definition) is 6. The summed E-state index contributed by atoms with van der Waals surface area (Å²) in [4.78, 5) is 13.0. The third-order valence-electron chi connectivity index (χ3n) is 5.58. The van der Waals surface area contributed by atoms with E-state index in [-0.39, 0.29) is 6.04 Å². The molecule has 1 aliphatic rings. The second kappa shape index (κ2) is 8.80. The fourth-order valence-electron chi connectivity index (χ4n) is 3.72. The third-order valence-corrected chi connectivity index (χ3v) is 5.58. The fraction of sp³-hybridized carbons (Fsp3) is 0.476.